The van der Waals surface area contributed by atoms with E-state index in [9.17, 15) is 4.79 Å². The van der Waals surface area contributed by atoms with Crippen molar-refractivity contribution in [1.82, 2.24) is 20.1 Å². The second-order valence-corrected chi connectivity index (χ2v) is 11.2. The van der Waals surface area contributed by atoms with Crippen molar-refractivity contribution in [3.8, 4) is 11.5 Å². The molecule has 3 rings (SSSR count). The summed E-state index contributed by atoms with van der Waals surface area (Å²) in [6, 6.07) is 7.53. The Bertz CT molecular complexity index is 916. The largest absolute Gasteiger partial charge is 0.441 e. The highest BCUT2D eigenvalue weighted by Gasteiger charge is 2.27. The van der Waals surface area contributed by atoms with Gasteiger partial charge in [0.15, 0.2) is 0 Å². The first kappa shape index (κ1) is 27.7. The molecule has 0 bridgehead atoms. The molecule has 2 aromatic rings. The molecule has 1 aromatic carbocycles. The summed E-state index contributed by atoms with van der Waals surface area (Å²) in [5, 5.41) is 3.90. The first-order chi connectivity index (χ1) is 16.7. The van der Waals surface area contributed by atoms with E-state index >= 15 is 0 Å². The van der Waals surface area contributed by atoms with Crippen LogP contribution in [-0.2, 0) is 11.3 Å². The van der Waals surface area contributed by atoms with Crippen molar-refractivity contribution in [3.63, 3.8) is 0 Å². The fourth-order valence-corrected chi connectivity index (χ4v) is 4.99. The van der Waals surface area contributed by atoms with Crippen molar-refractivity contribution in [2.45, 2.75) is 60.4 Å². The predicted molar refractivity (Wildman–Crippen MR) is 143 cm³/mol. The molecular weight excluding hydrogens is 460 g/mol. The number of likely N-dealkylation sites (tertiary alicyclic amines) is 1. The number of nitrogens with one attached hydrogen (secondary N) is 1. The van der Waals surface area contributed by atoms with Crippen molar-refractivity contribution >= 4 is 17.5 Å². The number of carbonyl (C=O) groups is 1. The van der Waals surface area contributed by atoms with Crippen LogP contribution < -0.4 is 5.32 Å². The average molecular weight is 503 g/mol. The molecule has 1 fully saturated rings. The summed E-state index contributed by atoms with van der Waals surface area (Å²) in [6.07, 6.45) is 2.96. The first-order valence-electron chi connectivity index (χ1n) is 13.2. The number of nitrogens with zero attached hydrogens (tertiary/aromatic N) is 3. The van der Waals surface area contributed by atoms with Crippen LogP contribution in [0, 0.1) is 24.7 Å². The fourth-order valence-electron chi connectivity index (χ4n) is 4.86. The van der Waals surface area contributed by atoms with Gasteiger partial charge in [-0.1, -0.05) is 39.3 Å². The molecule has 1 aromatic heterocycles. The number of amides is 1. The highest BCUT2D eigenvalue weighted by molar-refractivity contribution is 6.30. The summed E-state index contributed by atoms with van der Waals surface area (Å²) in [4.78, 5) is 22.5. The van der Waals surface area contributed by atoms with Crippen molar-refractivity contribution < 1.29 is 9.21 Å². The summed E-state index contributed by atoms with van der Waals surface area (Å²) in [5.41, 5.74) is 1.85. The molecule has 1 saturated heterocycles. The third-order valence-electron chi connectivity index (χ3n) is 6.43. The number of aryl methyl sites for hydroxylation is 1. The van der Waals surface area contributed by atoms with E-state index in [1.807, 2.05) is 31.2 Å². The molecule has 1 atom stereocenters. The van der Waals surface area contributed by atoms with E-state index in [2.05, 4.69) is 42.8 Å². The summed E-state index contributed by atoms with van der Waals surface area (Å²) < 4.78 is 5.92. The van der Waals surface area contributed by atoms with Crippen molar-refractivity contribution in [2.24, 2.45) is 17.8 Å². The van der Waals surface area contributed by atoms with Gasteiger partial charge in [-0.2, -0.15) is 0 Å². The molecule has 1 unspecified atom stereocenters. The number of hydrogen-bond acceptors (Lipinski definition) is 5. The van der Waals surface area contributed by atoms with Crippen LogP contribution in [-0.4, -0.2) is 60.0 Å². The minimum atomic E-state index is 0.0362. The number of rotatable bonds is 12. The van der Waals surface area contributed by atoms with Crippen molar-refractivity contribution in [1.29, 1.82) is 0 Å². The Kier molecular flexibility index (Phi) is 10.6. The zero-order chi connectivity index (χ0) is 25.4. The van der Waals surface area contributed by atoms with E-state index in [1.165, 1.54) is 0 Å². The molecule has 7 heteroatoms. The lowest BCUT2D eigenvalue weighted by Gasteiger charge is -2.31. The van der Waals surface area contributed by atoms with Crippen LogP contribution >= 0.6 is 11.6 Å². The summed E-state index contributed by atoms with van der Waals surface area (Å²) in [6.45, 7) is 17.5. The van der Waals surface area contributed by atoms with Gasteiger partial charge in [-0.25, -0.2) is 4.98 Å². The van der Waals surface area contributed by atoms with Gasteiger partial charge in [0.2, 0.25) is 11.8 Å². The number of hydrogen-bond donors (Lipinski definition) is 1. The van der Waals surface area contributed by atoms with Crippen LogP contribution in [0.25, 0.3) is 11.5 Å². The van der Waals surface area contributed by atoms with Crippen LogP contribution in [0.4, 0.5) is 0 Å². The normalized spacial score (nSPS) is 17.0. The minimum Gasteiger partial charge on any atom is -0.441 e. The van der Waals surface area contributed by atoms with E-state index in [0.29, 0.717) is 29.3 Å². The second-order valence-electron chi connectivity index (χ2n) is 10.8. The topological polar surface area (TPSA) is 61.6 Å². The number of halogens is 1. The van der Waals surface area contributed by atoms with Gasteiger partial charge in [-0.15, -0.1) is 0 Å². The number of oxazole rings is 1. The summed E-state index contributed by atoms with van der Waals surface area (Å²) in [5.74, 6) is 2.99. The number of benzene rings is 1. The Morgan fingerprint density at radius 2 is 1.89 bits per heavy atom. The molecule has 1 aliphatic heterocycles. The minimum absolute atomic E-state index is 0.0362. The van der Waals surface area contributed by atoms with Crippen molar-refractivity contribution in [2.75, 3.05) is 39.3 Å². The number of aromatic nitrogens is 1. The summed E-state index contributed by atoms with van der Waals surface area (Å²) >= 11 is 6.00. The second kappa shape index (κ2) is 13.4. The van der Waals surface area contributed by atoms with Crippen LogP contribution in [0.3, 0.4) is 0 Å². The van der Waals surface area contributed by atoms with Gasteiger partial charge in [-0.3, -0.25) is 9.69 Å². The zero-order valence-electron chi connectivity index (χ0n) is 22.1. The Morgan fingerprint density at radius 3 is 2.54 bits per heavy atom. The lowest BCUT2D eigenvalue weighted by molar-refractivity contribution is -0.126. The predicted octanol–water partition coefficient (Wildman–Crippen LogP) is 5.64. The average Bonchev–Trinajstić information content (AvgIpc) is 3.16. The molecule has 0 spiro atoms. The Labute approximate surface area is 216 Å². The molecule has 6 nitrogen and oxygen atoms in total. The van der Waals surface area contributed by atoms with E-state index < -0.39 is 0 Å². The van der Waals surface area contributed by atoms with E-state index in [-0.39, 0.29) is 11.8 Å². The molecule has 2 heterocycles. The van der Waals surface area contributed by atoms with Gasteiger partial charge < -0.3 is 14.6 Å². The maximum atomic E-state index is 12.9. The maximum Gasteiger partial charge on any atom is 0.226 e. The van der Waals surface area contributed by atoms with Gasteiger partial charge in [0.25, 0.3) is 0 Å². The van der Waals surface area contributed by atoms with Gasteiger partial charge in [0.1, 0.15) is 5.76 Å². The standard InChI is InChI=1S/C28H43ClN4O2/c1-20(2)16-32(17-21(3)4)15-7-13-30-27(34)24-8-6-14-33(18-24)19-26-22(5)35-28(31-26)23-9-11-25(29)12-10-23/h9-12,20-21,24H,6-8,13-19H2,1-5H3,(H,30,34). The quantitative estimate of drug-likeness (QED) is 0.381. The third kappa shape index (κ3) is 8.93. The highest BCUT2D eigenvalue weighted by Crippen LogP contribution is 2.25. The van der Waals surface area contributed by atoms with Crippen LogP contribution in [0.2, 0.25) is 5.02 Å². The zero-order valence-corrected chi connectivity index (χ0v) is 22.9. The van der Waals surface area contributed by atoms with Crippen LogP contribution in [0.5, 0.6) is 0 Å². The van der Waals surface area contributed by atoms with Gasteiger partial charge in [0, 0.05) is 43.3 Å². The lowest BCUT2D eigenvalue weighted by atomic mass is 9.97. The maximum absolute atomic E-state index is 12.9. The highest BCUT2D eigenvalue weighted by atomic mass is 35.5. The Hall–Kier alpha value is -1.89. The smallest absolute Gasteiger partial charge is 0.226 e. The molecule has 1 amide bonds. The lowest BCUT2D eigenvalue weighted by Crippen LogP contribution is -2.43. The molecule has 0 radical (unpaired) electrons. The van der Waals surface area contributed by atoms with Gasteiger partial charge in [-0.05, 0) is 75.4 Å². The van der Waals surface area contributed by atoms with Gasteiger partial charge in [0.05, 0.1) is 11.6 Å². The summed E-state index contributed by atoms with van der Waals surface area (Å²) in [7, 11) is 0. The Balaban J connectivity index is 1.46. The molecule has 194 valence electrons. The SMILES string of the molecule is Cc1oc(-c2ccc(Cl)cc2)nc1CN1CCCC(C(=O)NCCCN(CC(C)C)CC(C)C)C1. The van der Waals surface area contributed by atoms with Gasteiger partial charge >= 0.3 is 0 Å². The van der Waals surface area contributed by atoms with E-state index in [0.717, 1.165) is 75.5 Å². The Morgan fingerprint density at radius 1 is 1.20 bits per heavy atom. The first-order valence-corrected chi connectivity index (χ1v) is 13.5. The number of carbonyl (C=O) groups excluding carboxylic acids is 1. The molecule has 1 N–H and O–H groups in total. The molecular formula is C28H43ClN4O2. The van der Waals surface area contributed by atoms with Crippen molar-refractivity contribution in [3.05, 3.63) is 40.7 Å². The van der Waals surface area contributed by atoms with Crippen LogP contribution in [0.1, 0.15) is 58.4 Å². The number of piperidine rings is 1. The molecule has 1 aliphatic rings. The molecule has 0 saturated carbocycles. The fraction of sp³-hybridized carbons (Fsp3) is 0.643. The third-order valence-corrected chi connectivity index (χ3v) is 6.68. The molecule has 0 aliphatic carbocycles. The van der Waals surface area contributed by atoms with Crippen LogP contribution in [0.15, 0.2) is 28.7 Å². The van der Waals surface area contributed by atoms with E-state index in [1.54, 1.807) is 0 Å². The molecule has 35 heavy (non-hydrogen) atoms. The monoisotopic (exact) mass is 502 g/mol. The van der Waals surface area contributed by atoms with E-state index in [4.69, 9.17) is 21.0 Å².